The van der Waals surface area contributed by atoms with E-state index in [0.29, 0.717) is 27.8 Å². The molecule has 3 aromatic carbocycles. The third-order valence-electron chi connectivity index (χ3n) is 3.96. The first kappa shape index (κ1) is 19.3. The van der Waals surface area contributed by atoms with Crippen LogP contribution in [0.3, 0.4) is 0 Å². The van der Waals surface area contributed by atoms with E-state index in [1.807, 2.05) is 24.3 Å². The van der Waals surface area contributed by atoms with Crippen molar-refractivity contribution in [2.24, 2.45) is 0 Å². The van der Waals surface area contributed by atoms with Crippen molar-refractivity contribution in [2.75, 3.05) is 6.61 Å². The lowest BCUT2D eigenvalue weighted by Gasteiger charge is -2.13. The summed E-state index contributed by atoms with van der Waals surface area (Å²) >= 11 is 5.86. The first-order valence-corrected chi connectivity index (χ1v) is 8.89. The van der Waals surface area contributed by atoms with Crippen LogP contribution in [-0.4, -0.2) is 17.7 Å². The molecule has 0 unspecified atom stereocenters. The van der Waals surface area contributed by atoms with Crippen LogP contribution in [0.5, 0.6) is 17.2 Å². The number of carbonyl (C=O) groups is 1. The Labute approximate surface area is 168 Å². The molecule has 28 heavy (non-hydrogen) atoms. The molecule has 0 heterocycles. The summed E-state index contributed by atoms with van der Waals surface area (Å²) in [5.74, 6) is 6.42. The Hall–Kier alpha value is -3.42. The molecule has 0 bridgehead atoms. The lowest BCUT2D eigenvalue weighted by atomic mass is 10.1. The van der Waals surface area contributed by atoms with Gasteiger partial charge in [0, 0.05) is 16.1 Å². The van der Waals surface area contributed by atoms with Crippen LogP contribution in [0.25, 0.3) is 0 Å². The Balaban J connectivity index is 1.73. The minimum atomic E-state index is -0.995. The van der Waals surface area contributed by atoms with E-state index < -0.39 is 5.97 Å². The van der Waals surface area contributed by atoms with Gasteiger partial charge < -0.3 is 14.6 Å². The molecule has 3 aromatic rings. The first-order chi connectivity index (χ1) is 13.5. The number of benzene rings is 3. The number of carboxylic acid groups (broad SMARTS) is 1. The van der Waals surface area contributed by atoms with Crippen molar-refractivity contribution in [3.05, 3.63) is 88.4 Å². The molecule has 0 amide bonds. The first-order valence-electron chi connectivity index (χ1n) is 8.51. The van der Waals surface area contributed by atoms with E-state index >= 15 is 0 Å². The number of hydrogen-bond donors (Lipinski definition) is 1. The third kappa shape index (κ3) is 4.85. The Kier molecular flexibility index (Phi) is 6.21. The number of carboxylic acids is 1. The third-order valence-corrected chi connectivity index (χ3v) is 4.21. The van der Waals surface area contributed by atoms with E-state index in [1.54, 1.807) is 49.4 Å². The Bertz CT molecular complexity index is 1050. The maximum absolute atomic E-state index is 11.3. The zero-order valence-corrected chi connectivity index (χ0v) is 15.9. The SMILES string of the molecule is Cc1c(Oc2ccccc2OCC#Cc2ccc(Cl)cc2)cccc1C(=O)O. The summed E-state index contributed by atoms with van der Waals surface area (Å²) in [6.45, 7) is 1.89. The van der Waals surface area contributed by atoms with Crippen molar-refractivity contribution in [1.29, 1.82) is 0 Å². The molecular formula is C23H17ClO4. The molecule has 0 saturated heterocycles. The molecule has 0 spiro atoms. The highest BCUT2D eigenvalue weighted by molar-refractivity contribution is 6.30. The van der Waals surface area contributed by atoms with Crippen LogP contribution in [0.4, 0.5) is 0 Å². The second-order valence-corrected chi connectivity index (χ2v) is 6.32. The van der Waals surface area contributed by atoms with Crippen molar-refractivity contribution in [3.63, 3.8) is 0 Å². The molecule has 4 nitrogen and oxygen atoms in total. The van der Waals surface area contributed by atoms with Crippen LogP contribution in [0.15, 0.2) is 66.7 Å². The van der Waals surface area contributed by atoms with Crippen LogP contribution >= 0.6 is 11.6 Å². The van der Waals surface area contributed by atoms with Crippen molar-refractivity contribution >= 4 is 17.6 Å². The largest absolute Gasteiger partial charge is 0.478 e. The predicted octanol–water partition coefficient (Wildman–Crippen LogP) is 5.57. The van der Waals surface area contributed by atoms with Crippen LogP contribution < -0.4 is 9.47 Å². The lowest BCUT2D eigenvalue weighted by molar-refractivity contribution is 0.0695. The zero-order valence-electron chi connectivity index (χ0n) is 15.1. The summed E-state index contributed by atoms with van der Waals surface area (Å²) in [5.41, 5.74) is 1.59. The molecule has 3 rings (SSSR count). The van der Waals surface area contributed by atoms with E-state index in [9.17, 15) is 9.90 Å². The maximum Gasteiger partial charge on any atom is 0.336 e. The summed E-state index contributed by atoms with van der Waals surface area (Å²) in [7, 11) is 0. The van der Waals surface area contributed by atoms with E-state index in [0.717, 1.165) is 5.56 Å². The molecule has 0 saturated carbocycles. The molecule has 0 aromatic heterocycles. The quantitative estimate of drug-likeness (QED) is 0.577. The molecule has 0 aliphatic rings. The normalized spacial score (nSPS) is 9.93. The number of para-hydroxylation sites is 2. The van der Waals surface area contributed by atoms with E-state index in [1.165, 1.54) is 0 Å². The second-order valence-electron chi connectivity index (χ2n) is 5.88. The Morgan fingerprint density at radius 3 is 2.36 bits per heavy atom. The van der Waals surface area contributed by atoms with Crippen molar-refractivity contribution in [3.8, 4) is 29.1 Å². The molecule has 0 aliphatic carbocycles. The van der Waals surface area contributed by atoms with Crippen molar-refractivity contribution < 1.29 is 19.4 Å². The van der Waals surface area contributed by atoms with E-state index in [4.69, 9.17) is 21.1 Å². The molecule has 5 heteroatoms. The predicted molar refractivity (Wildman–Crippen MR) is 108 cm³/mol. The molecular weight excluding hydrogens is 376 g/mol. The Morgan fingerprint density at radius 1 is 0.964 bits per heavy atom. The van der Waals surface area contributed by atoms with Gasteiger partial charge in [-0.25, -0.2) is 4.79 Å². The van der Waals surface area contributed by atoms with E-state index in [-0.39, 0.29) is 12.2 Å². The van der Waals surface area contributed by atoms with Crippen LogP contribution in [-0.2, 0) is 0 Å². The average molecular weight is 393 g/mol. The van der Waals surface area contributed by atoms with Gasteiger partial charge in [0.25, 0.3) is 0 Å². The second kappa shape index (κ2) is 8.98. The van der Waals surface area contributed by atoms with Gasteiger partial charge in [0.15, 0.2) is 11.5 Å². The number of aromatic carboxylic acids is 1. The fourth-order valence-electron chi connectivity index (χ4n) is 2.51. The summed E-state index contributed by atoms with van der Waals surface area (Å²) in [4.78, 5) is 11.3. The molecule has 0 fully saturated rings. The van der Waals surface area contributed by atoms with E-state index in [2.05, 4.69) is 11.8 Å². The highest BCUT2D eigenvalue weighted by Gasteiger charge is 2.13. The van der Waals surface area contributed by atoms with Gasteiger partial charge in [0.05, 0.1) is 5.56 Å². The summed E-state index contributed by atoms with van der Waals surface area (Å²) < 4.78 is 11.6. The van der Waals surface area contributed by atoms with Gasteiger partial charge >= 0.3 is 5.97 Å². The standard InChI is InChI=1S/C23H17ClO4/c1-16-19(23(25)26)7-4-10-20(16)28-22-9-3-2-8-21(22)27-15-5-6-17-11-13-18(24)14-12-17/h2-4,7-14H,15H2,1H3,(H,25,26). The van der Waals surface area contributed by atoms with Gasteiger partial charge in [-0.05, 0) is 55.5 Å². The topological polar surface area (TPSA) is 55.8 Å². The zero-order chi connectivity index (χ0) is 19.9. The average Bonchev–Trinajstić information content (AvgIpc) is 2.69. The van der Waals surface area contributed by atoms with Gasteiger partial charge in [-0.1, -0.05) is 41.6 Å². The fourth-order valence-corrected chi connectivity index (χ4v) is 2.64. The van der Waals surface area contributed by atoms with Gasteiger partial charge in [-0.15, -0.1) is 0 Å². The molecule has 0 radical (unpaired) electrons. The number of halogens is 1. The molecule has 140 valence electrons. The number of rotatable bonds is 5. The van der Waals surface area contributed by atoms with Gasteiger partial charge in [0.2, 0.25) is 0 Å². The highest BCUT2D eigenvalue weighted by atomic mass is 35.5. The highest BCUT2D eigenvalue weighted by Crippen LogP contribution is 2.33. The summed E-state index contributed by atoms with van der Waals surface area (Å²) in [6, 6.07) is 19.3. The van der Waals surface area contributed by atoms with Gasteiger partial charge in [-0.2, -0.15) is 0 Å². The smallest absolute Gasteiger partial charge is 0.336 e. The monoisotopic (exact) mass is 392 g/mol. The Morgan fingerprint density at radius 2 is 1.64 bits per heavy atom. The summed E-state index contributed by atoms with van der Waals surface area (Å²) in [6.07, 6.45) is 0. The minimum Gasteiger partial charge on any atom is -0.478 e. The maximum atomic E-state index is 11.3. The minimum absolute atomic E-state index is 0.178. The lowest BCUT2D eigenvalue weighted by Crippen LogP contribution is -2.02. The number of ether oxygens (including phenoxy) is 2. The van der Waals surface area contributed by atoms with Crippen LogP contribution in [0.2, 0.25) is 5.02 Å². The summed E-state index contributed by atoms with van der Waals surface area (Å²) in [5, 5.41) is 9.92. The van der Waals surface area contributed by atoms with Crippen LogP contribution in [0.1, 0.15) is 21.5 Å². The fraction of sp³-hybridized carbons (Fsp3) is 0.0870. The molecule has 0 aliphatic heterocycles. The molecule has 1 N–H and O–H groups in total. The molecule has 0 atom stereocenters. The van der Waals surface area contributed by atoms with Crippen molar-refractivity contribution in [1.82, 2.24) is 0 Å². The number of hydrogen-bond acceptors (Lipinski definition) is 3. The van der Waals surface area contributed by atoms with Gasteiger partial charge in [0.1, 0.15) is 12.4 Å². The van der Waals surface area contributed by atoms with Gasteiger partial charge in [-0.3, -0.25) is 0 Å². The van der Waals surface area contributed by atoms with Crippen LogP contribution in [0, 0.1) is 18.8 Å². The van der Waals surface area contributed by atoms with Crippen molar-refractivity contribution in [2.45, 2.75) is 6.92 Å².